The second kappa shape index (κ2) is 14.7. The van der Waals surface area contributed by atoms with Crippen LogP contribution in [0.2, 0.25) is 0 Å². The first kappa shape index (κ1) is 31.6. The minimum absolute atomic E-state index is 0.0237. The van der Waals surface area contributed by atoms with E-state index in [2.05, 4.69) is 15.9 Å². The van der Waals surface area contributed by atoms with Crippen molar-refractivity contribution in [3.8, 4) is 23.0 Å². The molecule has 0 spiro atoms. The Balaban J connectivity index is 1.25. The van der Waals surface area contributed by atoms with Gasteiger partial charge in [0.1, 0.15) is 23.0 Å². The molecular formula is C36H23BrO9. The van der Waals surface area contributed by atoms with Gasteiger partial charge in [-0.05, 0) is 84.9 Å². The lowest BCUT2D eigenvalue weighted by atomic mass is 10.1. The molecule has 0 amide bonds. The Labute approximate surface area is 271 Å². The molecule has 10 heteroatoms. The highest BCUT2D eigenvalue weighted by atomic mass is 79.9. The number of ether oxygens (including phenoxy) is 4. The van der Waals surface area contributed by atoms with Gasteiger partial charge in [-0.1, -0.05) is 52.3 Å². The van der Waals surface area contributed by atoms with E-state index in [9.17, 15) is 24.0 Å². The van der Waals surface area contributed by atoms with Gasteiger partial charge < -0.3 is 18.9 Å². The summed E-state index contributed by atoms with van der Waals surface area (Å²) in [6.07, 6.45) is 0. The van der Waals surface area contributed by atoms with Gasteiger partial charge in [0.05, 0.1) is 27.6 Å². The topological polar surface area (TPSA) is 122 Å². The first-order valence-electron chi connectivity index (χ1n) is 13.7. The van der Waals surface area contributed by atoms with Crippen molar-refractivity contribution in [2.24, 2.45) is 0 Å². The summed E-state index contributed by atoms with van der Waals surface area (Å²) in [5.74, 6) is -2.58. The maximum absolute atomic E-state index is 12.9. The Morgan fingerprint density at radius 3 is 1.07 bits per heavy atom. The summed E-state index contributed by atoms with van der Waals surface area (Å²) in [5.41, 5.74) is 1.17. The van der Waals surface area contributed by atoms with Crippen LogP contribution in [0.25, 0.3) is 0 Å². The third kappa shape index (κ3) is 8.19. The molecule has 9 nitrogen and oxygen atoms in total. The van der Waals surface area contributed by atoms with Gasteiger partial charge in [0.15, 0.2) is 5.78 Å². The van der Waals surface area contributed by atoms with E-state index in [1.54, 1.807) is 60.7 Å². The van der Waals surface area contributed by atoms with E-state index < -0.39 is 23.9 Å². The highest BCUT2D eigenvalue weighted by Gasteiger charge is 2.17. The summed E-state index contributed by atoms with van der Waals surface area (Å²) in [7, 11) is 0. The molecule has 0 fully saturated rings. The molecule has 0 heterocycles. The van der Waals surface area contributed by atoms with Crippen molar-refractivity contribution in [3.05, 3.63) is 155 Å². The molecule has 0 saturated heterocycles. The lowest BCUT2D eigenvalue weighted by molar-refractivity contribution is 0.0722. The lowest BCUT2D eigenvalue weighted by Crippen LogP contribution is -2.12. The first-order chi connectivity index (χ1) is 22.3. The molecular weight excluding hydrogens is 656 g/mol. The average molecular weight is 679 g/mol. The summed E-state index contributed by atoms with van der Waals surface area (Å²) in [5, 5.41) is -0.0237. The number of hydrogen-bond acceptors (Lipinski definition) is 9. The van der Waals surface area contributed by atoms with E-state index in [0.29, 0.717) is 11.1 Å². The standard InChI is InChI=1S/C36H23BrO9/c37-22-32(38)27-19-30(45-35(41)25-11-15-28(16-12-25)43-33(39)23-7-3-1-4-8-23)21-31(20-27)46-36(42)26-13-17-29(18-14-26)44-34(40)24-9-5-2-6-10-24/h1-21H,22H2. The molecule has 0 saturated carbocycles. The first-order valence-corrected chi connectivity index (χ1v) is 14.8. The summed E-state index contributed by atoms with van der Waals surface area (Å²) < 4.78 is 21.6. The number of alkyl halides is 1. The molecule has 0 aliphatic heterocycles. The zero-order chi connectivity index (χ0) is 32.5. The Morgan fingerprint density at radius 2 is 0.717 bits per heavy atom. The van der Waals surface area contributed by atoms with E-state index >= 15 is 0 Å². The number of carbonyl (C=O) groups excluding carboxylic acids is 5. The molecule has 46 heavy (non-hydrogen) atoms. The van der Waals surface area contributed by atoms with Crippen LogP contribution in [-0.4, -0.2) is 35.0 Å². The summed E-state index contributed by atoms with van der Waals surface area (Å²) >= 11 is 3.12. The van der Waals surface area contributed by atoms with Crippen molar-refractivity contribution in [1.29, 1.82) is 0 Å². The van der Waals surface area contributed by atoms with Gasteiger partial charge in [-0.15, -0.1) is 0 Å². The molecule has 0 aromatic heterocycles. The number of esters is 4. The van der Waals surface area contributed by atoms with Gasteiger partial charge >= 0.3 is 23.9 Å². The van der Waals surface area contributed by atoms with Gasteiger partial charge in [-0.3, -0.25) is 4.79 Å². The number of rotatable bonds is 10. The van der Waals surface area contributed by atoms with Gasteiger partial charge in [0.2, 0.25) is 0 Å². The maximum atomic E-state index is 12.9. The van der Waals surface area contributed by atoms with Crippen LogP contribution in [0.4, 0.5) is 0 Å². The Hall–Kier alpha value is -5.87. The van der Waals surface area contributed by atoms with Crippen molar-refractivity contribution in [1.82, 2.24) is 0 Å². The third-order valence-electron chi connectivity index (χ3n) is 6.36. The van der Waals surface area contributed by atoms with Crippen molar-refractivity contribution < 1.29 is 42.9 Å². The molecule has 0 unspecified atom stereocenters. The Bertz CT molecular complexity index is 1760. The fraction of sp³-hybridized carbons (Fsp3) is 0.0278. The van der Waals surface area contributed by atoms with Crippen LogP contribution in [-0.2, 0) is 0 Å². The van der Waals surface area contributed by atoms with Crippen LogP contribution in [0.1, 0.15) is 51.8 Å². The predicted molar refractivity (Wildman–Crippen MR) is 170 cm³/mol. The van der Waals surface area contributed by atoms with Crippen molar-refractivity contribution in [3.63, 3.8) is 0 Å². The van der Waals surface area contributed by atoms with Gasteiger partial charge in [-0.2, -0.15) is 0 Å². The predicted octanol–water partition coefficient (Wildman–Crippen LogP) is 7.14. The van der Waals surface area contributed by atoms with Crippen molar-refractivity contribution in [2.75, 3.05) is 5.33 Å². The second-order valence-corrected chi connectivity index (χ2v) is 10.1. The maximum Gasteiger partial charge on any atom is 0.343 e. The fourth-order valence-corrected chi connectivity index (χ4v) is 4.38. The highest BCUT2D eigenvalue weighted by Crippen LogP contribution is 2.26. The molecule has 5 aromatic rings. The Morgan fingerprint density at radius 1 is 0.391 bits per heavy atom. The van der Waals surface area contributed by atoms with E-state index in [1.165, 1.54) is 66.7 Å². The monoisotopic (exact) mass is 678 g/mol. The molecule has 0 bridgehead atoms. The van der Waals surface area contributed by atoms with Gasteiger partial charge in [0, 0.05) is 11.6 Å². The minimum atomic E-state index is -0.762. The summed E-state index contributed by atoms with van der Waals surface area (Å²) in [6.45, 7) is 0. The van der Waals surface area contributed by atoms with Crippen LogP contribution in [0, 0.1) is 0 Å². The number of ketones is 1. The SMILES string of the molecule is O=C(CBr)c1cc(OC(=O)c2ccc(OC(=O)c3ccccc3)cc2)cc(OC(=O)c2ccc(OC(=O)c3ccccc3)cc2)c1. The van der Waals surface area contributed by atoms with Crippen molar-refractivity contribution >= 4 is 45.6 Å². The largest absolute Gasteiger partial charge is 0.423 e. The fourth-order valence-electron chi connectivity index (χ4n) is 4.06. The molecule has 0 N–H and O–H groups in total. The van der Waals surface area contributed by atoms with E-state index in [1.807, 2.05) is 0 Å². The quantitative estimate of drug-likeness (QED) is 0.0656. The number of carbonyl (C=O) groups is 5. The normalized spacial score (nSPS) is 10.4. The van der Waals surface area contributed by atoms with E-state index in [-0.39, 0.29) is 50.8 Å². The lowest BCUT2D eigenvalue weighted by Gasteiger charge is -2.11. The van der Waals surface area contributed by atoms with Gasteiger partial charge in [-0.25, -0.2) is 19.2 Å². The average Bonchev–Trinajstić information content (AvgIpc) is 3.09. The second-order valence-electron chi connectivity index (χ2n) is 9.59. The number of halogens is 1. The minimum Gasteiger partial charge on any atom is -0.423 e. The summed E-state index contributed by atoms with van der Waals surface area (Å²) in [6, 6.07) is 32.4. The zero-order valence-corrected chi connectivity index (χ0v) is 25.5. The molecule has 5 rings (SSSR count). The number of benzene rings is 5. The molecule has 5 aromatic carbocycles. The molecule has 0 atom stereocenters. The zero-order valence-electron chi connectivity index (χ0n) is 23.9. The third-order valence-corrected chi connectivity index (χ3v) is 6.87. The highest BCUT2D eigenvalue weighted by molar-refractivity contribution is 9.09. The van der Waals surface area contributed by atoms with E-state index in [4.69, 9.17) is 18.9 Å². The molecule has 0 radical (unpaired) electrons. The van der Waals surface area contributed by atoms with Crippen LogP contribution >= 0.6 is 15.9 Å². The smallest absolute Gasteiger partial charge is 0.343 e. The van der Waals surface area contributed by atoms with Crippen LogP contribution in [0.15, 0.2) is 127 Å². The Kier molecular flexibility index (Phi) is 10.1. The van der Waals surface area contributed by atoms with E-state index in [0.717, 1.165) is 0 Å². The number of Topliss-reactive ketones (excluding diaryl/α,β-unsaturated/α-hetero) is 1. The molecule has 228 valence electrons. The molecule has 0 aliphatic carbocycles. The van der Waals surface area contributed by atoms with Crippen LogP contribution < -0.4 is 18.9 Å². The van der Waals surface area contributed by atoms with Gasteiger partial charge in [0.25, 0.3) is 0 Å². The molecule has 0 aliphatic rings. The van der Waals surface area contributed by atoms with Crippen molar-refractivity contribution in [2.45, 2.75) is 0 Å². The number of hydrogen-bond donors (Lipinski definition) is 0. The van der Waals surface area contributed by atoms with Crippen LogP contribution in [0.3, 0.4) is 0 Å². The summed E-state index contributed by atoms with van der Waals surface area (Å²) in [4.78, 5) is 62.9. The van der Waals surface area contributed by atoms with Crippen LogP contribution in [0.5, 0.6) is 23.0 Å².